The van der Waals surface area contributed by atoms with Gasteiger partial charge in [0, 0.05) is 50.6 Å². The summed E-state index contributed by atoms with van der Waals surface area (Å²) in [6, 6.07) is 7.83. The predicted octanol–water partition coefficient (Wildman–Crippen LogP) is 4.10. The van der Waals surface area contributed by atoms with Gasteiger partial charge in [0.05, 0.1) is 18.4 Å². The van der Waals surface area contributed by atoms with E-state index < -0.39 is 0 Å². The minimum atomic E-state index is -0.247. The first-order valence-corrected chi connectivity index (χ1v) is 11.0. The maximum Gasteiger partial charge on any atom is 0.323 e. The van der Waals surface area contributed by atoms with Crippen molar-refractivity contribution in [1.82, 2.24) is 10.2 Å². The molecule has 0 saturated carbocycles. The summed E-state index contributed by atoms with van der Waals surface area (Å²) in [5, 5.41) is 5.80. The highest BCUT2D eigenvalue weighted by Gasteiger charge is 2.27. The van der Waals surface area contributed by atoms with Gasteiger partial charge in [0.25, 0.3) is 0 Å². The normalized spacial score (nSPS) is 18.4. The molecule has 7 nitrogen and oxygen atoms in total. The number of carbonyl (C=O) groups is 2. The molecule has 0 aromatic heterocycles. The Balaban J connectivity index is 1.48. The molecule has 0 radical (unpaired) electrons. The Morgan fingerprint density at radius 2 is 1.90 bits per heavy atom. The molecule has 2 N–H and O–H groups in total. The highest BCUT2D eigenvalue weighted by Crippen LogP contribution is 2.24. The van der Waals surface area contributed by atoms with Crippen LogP contribution in [0.25, 0.3) is 0 Å². The zero-order valence-corrected chi connectivity index (χ0v) is 19.0. The second-order valence-electron chi connectivity index (χ2n) is 8.67. The first kappa shape index (κ1) is 22.7. The molecular weight excluding hydrogens is 392 g/mol. The highest BCUT2D eigenvalue weighted by molar-refractivity contribution is 5.90. The van der Waals surface area contributed by atoms with Gasteiger partial charge in [-0.25, -0.2) is 4.79 Å². The number of allylic oxidation sites excluding steroid dienone is 4. The third-order valence-corrected chi connectivity index (χ3v) is 5.69. The average Bonchev–Trinajstić information content (AvgIpc) is 3.23. The van der Waals surface area contributed by atoms with Crippen LogP contribution in [0.15, 0.2) is 47.9 Å². The summed E-state index contributed by atoms with van der Waals surface area (Å²) in [6.07, 6.45) is 6.35. The Morgan fingerprint density at radius 3 is 2.52 bits per heavy atom. The van der Waals surface area contributed by atoms with Crippen LogP contribution in [0.2, 0.25) is 0 Å². The summed E-state index contributed by atoms with van der Waals surface area (Å²) in [7, 11) is 1.86. The van der Waals surface area contributed by atoms with Crippen LogP contribution in [0.4, 0.5) is 16.2 Å². The predicted molar refractivity (Wildman–Crippen MR) is 124 cm³/mol. The number of hydrogen-bond acceptors (Lipinski definition) is 4. The summed E-state index contributed by atoms with van der Waals surface area (Å²) in [5.41, 5.74) is 2.72. The lowest BCUT2D eigenvalue weighted by molar-refractivity contribution is -0.129. The summed E-state index contributed by atoms with van der Waals surface area (Å²) < 4.78 is 5.74. The van der Waals surface area contributed by atoms with Crippen LogP contribution in [-0.2, 0) is 9.53 Å². The van der Waals surface area contributed by atoms with Crippen molar-refractivity contribution in [3.63, 3.8) is 0 Å². The van der Waals surface area contributed by atoms with Crippen LogP contribution in [0, 0.1) is 5.92 Å². The molecule has 1 saturated heterocycles. The quantitative estimate of drug-likeness (QED) is 0.688. The number of likely N-dealkylation sites (N-methyl/N-ethyl adjacent to an activating group) is 1. The van der Waals surface area contributed by atoms with Gasteiger partial charge >= 0.3 is 6.03 Å². The van der Waals surface area contributed by atoms with E-state index in [1.54, 1.807) is 6.92 Å². The molecule has 0 bridgehead atoms. The number of rotatable bonds is 7. The molecule has 1 heterocycles. The smallest absolute Gasteiger partial charge is 0.323 e. The first-order chi connectivity index (χ1) is 14.8. The number of nitrogens with zero attached hydrogens (tertiary/aromatic N) is 2. The first-order valence-electron chi connectivity index (χ1n) is 11.0. The van der Waals surface area contributed by atoms with E-state index in [9.17, 15) is 9.59 Å². The number of urea groups is 1. The molecule has 2 aliphatic rings. The van der Waals surface area contributed by atoms with Gasteiger partial charge in [0.2, 0.25) is 5.91 Å². The molecule has 1 fully saturated rings. The van der Waals surface area contributed by atoms with Crippen molar-refractivity contribution in [2.24, 2.45) is 5.92 Å². The number of hydrogen-bond donors (Lipinski definition) is 2. The Labute approximate surface area is 185 Å². The van der Waals surface area contributed by atoms with Crippen LogP contribution >= 0.6 is 0 Å². The lowest BCUT2D eigenvalue weighted by Crippen LogP contribution is -2.37. The van der Waals surface area contributed by atoms with Gasteiger partial charge in [-0.3, -0.25) is 4.79 Å². The van der Waals surface area contributed by atoms with E-state index in [-0.39, 0.29) is 18.0 Å². The van der Waals surface area contributed by atoms with Crippen LogP contribution < -0.4 is 15.5 Å². The summed E-state index contributed by atoms with van der Waals surface area (Å²) >= 11 is 0. The second kappa shape index (κ2) is 10.4. The SMILES string of the molecule is CC(=O)N(C)C1CCN(c2ccc(NC(=O)NC3=CC=C(OCC(C)C)CC3)cc2)C1. The van der Waals surface area contributed by atoms with E-state index in [4.69, 9.17) is 4.74 Å². The maximum atomic E-state index is 12.3. The average molecular weight is 427 g/mol. The van der Waals surface area contributed by atoms with E-state index in [1.165, 1.54) is 0 Å². The number of ether oxygens (including phenoxy) is 1. The van der Waals surface area contributed by atoms with Crippen molar-refractivity contribution < 1.29 is 14.3 Å². The monoisotopic (exact) mass is 426 g/mol. The lowest BCUT2D eigenvalue weighted by atomic mass is 10.1. The Bertz CT molecular complexity index is 845. The van der Waals surface area contributed by atoms with Crippen molar-refractivity contribution in [3.8, 4) is 0 Å². The van der Waals surface area contributed by atoms with Crippen LogP contribution in [0.5, 0.6) is 0 Å². The second-order valence-corrected chi connectivity index (χ2v) is 8.67. The zero-order chi connectivity index (χ0) is 22.4. The summed E-state index contributed by atoms with van der Waals surface area (Å²) in [5.74, 6) is 1.56. The van der Waals surface area contributed by atoms with Crippen molar-refractivity contribution in [2.75, 3.05) is 37.0 Å². The number of amides is 3. The van der Waals surface area contributed by atoms with Gasteiger partial charge in [-0.2, -0.15) is 0 Å². The molecule has 1 unspecified atom stereocenters. The molecule has 168 valence electrons. The molecule has 1 aliphatic carbocycles. The van der Waals surface area contributed by atoms with Gasteiger partial charge in [-0.15, -0.1) is 0 Å². The molecule has 0 spiro atoms. The van der Waals surface area contributed by atoms with Gasteiger partial charge < -0.3 is 25.2 Å². The van der Waals surface area contributed by atoms with Crippen LogP contribution in [-0.4, -0.2) is 49.6 Å². The number of benzene rings is 1. The molecule has 3 amide bonds. The van der Waals surface area contributed by atoms with E-state index in [0.717, 1.165) is 55.2 Å². The number of anilines is 2. The fourth-order valence-corrected chi connectivity index (χ4v) is 3.73. The largest absolute Gasteiger partial charge is 0.498 e. The fraction of sp³-hybridized carbons (Fsp3) is 0.500. The molecule has 1 aromatic rings. The Hall–Kier alpha value is -2.96. The maximum absolute atomic E-state index is 12.3. The van der Waals surface area contributed by atoms with Crippen molar-refractivity contribution >= 4 is 23.3 Å². The van der Waals surface area contributed by atoms with Crippen molar-refractivity contribution in [1.29, 1.82) is 0 Å². The summed E-state index contributed by atoms with van der Waals surface area (Å²) in [4.78, 5) is 28.0. The summed E-state index contributed by atoms with van der Waals surface area (Å²) in [6.45, 7) is 8.31. The third-order valence-electron chi connectivity index (χ3n) is 5.69. The van der Waals surface area contributed by atoms with Gasteiger partial charge in [-0.05, 0) is 55.2 Å². The number of carbonyl (C=O) groups excluding carboxylic acids is 2. The minimum Gasteiger partial charge on any atom is -0.498 e. The van der Waals surface area contributed by atoms with E-state index in [0.29, 0.717) is 12.5 Å². The molecule has 31 heavy (non-hydrogen) atoms. The standard InChI is InChI=1S/C24H34N4O3/c1-17(2)16-31-23-11-7-20(8-12-23)26-24(30)25-19-5-9-21(10-6-19)28-14-13-22(15-28)27(4)18(3)29/h5-7,9-11,17,22H,8,12-16H2,1-4H3,(H2,25,26,30). The van der Waals surface area contributed by atoms with E-state index in [1.807, 2.05) is 48.4 Å². The lowest BCUT2D eigenvalue weighted by Gasteiger charge is -2.24. The Morgan fingerprint density at radius 1 is 1.16 bits per heavy atom. The van der Waals surface area contributed by atoms with Gasteiger partial charge in [-0.1, -0.05) is 13.8 Å². The fourth-order valence-electron chi connectivity index (χ4n) is 3.73. The zero-order valence-electron chi connectivity index (χ0n) is 19.0. The number of nitrogens with one attached hydrogen (secondary N) is 2. The molecule has 1 aromatic carbocycles. The third kappa shape index (κ3) is 6.51. The highest BCUT2D eigenvalue weighted by atomic mass is 16.5. The topological polar surface area (TPSA) is 73.9 Å². The van der Waals surface area contributed by atoms with Crippen molar-refractivity contribution in [3.05, 3.63) is 47.9 Å². The molecule has 1 aliphatic heterocycles. The van der Waals surface area contributed by atoms with E-state index >= 15 is 0 Å². The van der Waals surface area contributed by atoms with Crippen molar-refractivity contribution in [2.45, 2.75) is 46.1 Å². The van der Waals surface area contributed by atoms with E-state index in [2.05, 4.69) is 29.4 Å². The molecule has 3 rings (SSSR count). The van der Waals surface area contributed by atoms with Gasteiger partial charge in [0.1, 0.15) is 0 Å². The molecule has 1 atom stereocenters. The molecular formula is C24H34N4O3. The van der Waals surface area contributed by atoms with Crippen LogP contribution in [0.1, 0.15) is 40.0 Å². The minimum absolute atomic E-state index is 0.0975. The van der Waals surface area contributed by atoms with Gasteiger partial charge in [0.15, 0.2) is 0 Å². The van der Waals surface area contributed by atoms with Crippen LogP contribution in [0.3, 0.4) is 0 Å². The Kier molecular flexibility index (Phi) is 7.60. The molecule has 7 heteroatoms.